The summed E-state index contributed by atoms with van der Waals surface area (Å²) in [5.74, 6) is -1.40. The lowest BCUT2D eigenvalue weighted by molar-refractivity contribution is -0.164. The van der Waals surface area contributed by atoms with Crippen LogP contribution in [0.4, 0.5) is 13.2 Å². The average molecular weight is 346 g/mol. The quantitative estimate of drug-likeness (QED) is 0.906. The first-order valence-electron chi connectivity index (χ1n) is 7.87. The van der Waals surface area contributed by atoms with E-state index in [1.54, 1.807) is 6.92 Å². The maximum Gasteiger partial charge on any atom is 0.406 e. The molecule has 1 atom stereocenters. The highest BCUT2D eigenvalue weighted by Crippen LogP contribution is 2.23. The molecule has 0 unspecified atom stereocenters. The zero-order chi connectivity index (χ0) is 17.9. The van der Waals surface area contributed by atoms with E-state index >= 15 is 0 Å². The number of amides is 2. The van der Waals surface area contributed by atoms with Crippen molar-refractivity contribution in [3.8, 4) is 0 Å². The van der Waals surface area contributed by atoms with Gasteiger partial charge in [0.1, 0.15) is 6.54 Å². The Morgan fingerprint density at radius 3 is 2.71 bits per heavy atom. The normalized spacial score (nSPS) is 18.5. The van der Waals surface area contributed by atoms with Crippen molar-refractivity contribution in [2.75, 3.05) is 26.2 Å². The Kier molecular flexibility index (Phi) is 5.51. The summed E-state index contributed by atoms with van der Waals surface area (Å²) in [4.78, 5) is 27.2. The number of aryl methyl sites for hydroxylation is 1. The maximum atomic E-state index is 12.6. The van der Waals surface area contributed by atoms with Crippen LogP contribution in [0.5, 0.6) is 0 Å². The van der Waals surface area contributed by atoms with Crippen LogP contribution in [0.25, 0.3) is 0 Å². The summed E-state index contributed by atoms with van der Waals surface area (Å²) in [6.45, 7) is 2.59. The van der Waals surface area contributed by atoms with E-state index in [1.165, 1.54) is 18.0 Å². The number of nitrogens with one attached hydrogen (secondary N) is 1. The number of alkyl halides is 3. The molecule has 1 aliphatic heterocycles. The zero-order valence-corrected chi connectivity index (χ0v) is 13.7. The molecule has 6 nitrogen and oxygen atoms in total. The van der Waals surface area contributed by atoms with E-state index < -0.39 is 24.5 Å². The molecule has 1 N–H and O–H groups in total. The standard InChI is InChI=1S/C15H21F3N4O2/c1-3-21(9-15(16,17)18)13(23)11-5-4-6-22(8-11)14(24)12-7-19-20-10(12)2/h7,11H,3-6,8-9H2,1-2H3,(H,19,20)/t11-/m0/s1. The predicted molar refractivity (Wildman–Crippen MR) is 80.3 cm³/mol. The van der Waals surface area contributed by atoms with E-state index in [2.05, 4.69) is 10.2 Å². The lowest BCUT2D eigenvalue weighted by Gasteiger charge is -2.35. The molecule has 1 fully saturated rings. The summed E-state index contributed by atoms with van der Waals surface area (Å²) in [6, 6.07) is 0. The fourth-order valence-corrected chi connectivity index (χ4v) is 2.92. The molecule has 134 valence electrons. The van der Waals surface area contributed by atoms with Gasteiger partial charge in [0.15, 0.2) is 0 Å². The first-order valence-corrected chi connectivity index (χ1v) is 7.87. The van der Waals surface area contributed by atoms with Gasteiger partial charge in [-0.1, -0.05) is 0 Å². The molecule has 1 aliphatic rings. The molecule has 2 rings (SSSR count). The van der Waals surface area contributed by atoms with Gasteiger partial charge in [-0.15, -0.1) is 0 Å². The second-order valence-electron chi connectivity index (χ2n) is 5.97. The van der Waals surface area contributed by atoms with Crippen molar-refractivity contribution in [1.82, 2.24) is 20.0 Å². The molecule has 2 amide bonds. The average Bonchev–Trinajstić information content (AvgIpc) is 2.96. The van der Waals surface area contributed by atoms with Gasteiger partial charge in [0.05, 0.1) is 17.7 Å². The van der Waals surface area contributed by atoms with Gasteiger partial charge >= 0.3 is 6.18 Å². The van der Waals surface area contributed by atoms with Crippen LogP contribution in [0.1, 0.15) is 35.8 Å². The van der Waals surface area contributed by atoms with E-state index in [1.807, 2.05) is 0 Å². The van der Waals surface area contributed by atoms with E-state index in [0.29, 0.717) is 30.6 Å². The molecule has 1 aromatic rings. The molecule has 24 heavy (non-hydrogen) atoms. The van der Waals surface area contributed by atoms with E-state index in [4.69, 9.17) is 0 Å². The molecule has 0 saturated carbocycles. The lowest BCUT2D eigenvalue weighted by atomic mass is 9.95. The summed E-state index contributed by atoms with van der Waals surface area (Å²) in [5, 5.41) is 6.48. The van der Waals surface area contributed by atoms with Crippen molar-refractivity contribution in [3.63, 3.8) is 0 Å². The van der Waals surface area contributed by atoms with Crippen molar-refractivity contribution >= 4 is 11.8 Å². The largest absolute Gasteiger partial charge is 0.406 e. The van der Waals surface area contributed by atoms with Crippen LogP contribution in [-0.4, -0.2) is 64.2 Å². The summed E-state index contributed by atoms with van der Waals surface area (Å²) < 4.78 is 37.8. The van der Waals surface area contributed by atoms with E-state index in [0.717, 1.165) is 4.90 Å². The summed E-state index contributed by atoms with van der Waals surface area (Å²) in [5.41, 5.74) is 1.05. The smallest absolute Gasteiger partial charge is 0.338 e. The van der Waals surface area contributed by atoms with Crippen LogP contribution >= 0.6 is 0 Å². The van der Waals surface area contributed by atoms with Crippen molar-refractivity contribution in [1.29, 1.82) is 0 Å². The van der Waals surface area contributed by atoms with Crippen LogP contribution in [0.3, 0.4) is 0 Å². The molecule has 1 aromatic heterocycles. The summed E-state index contributed by atoms with van der Waals surface area (Å²) in [7, 11) is 0. The number of halogens is 3. The second kappa shape index (κ2) is 7.23. The molecular weight excluding hydrogens is 325 g/mol. The Labute approximate surface area is 138 Å². The van der Waals surface area contributed by atoms with Crippen LogP contribution in [0, 0.1) is 12.8 Å². The summed E-state index contributed by atoms with van der Waals surface area (Å²) >= 11 is 0. The zero-order valence-electron chi connectivity index (χ0n) is 13.7. The predicted octanol–water partition coefficient (Wildman–Crippen LogP) is 1.98. The number of likely N-dealkylation sites (tertiary alicyclic amines) is 1. The topological polar surface area (TPSA) is 69.3 Å². The minimum atomic E-state index is -4.43. The van der Waals surface area contributed by atoms with Crippen molar-refractivity contribution in [2.45, 2.75) is 32.9 Å². The van der Waals surface area contributed by atoms with Crippen LogP contribution in [0.2, 0.25) is 0 Å². The van der Waals surface area contributed by atoms with Crippen LogP contribution < -0.4 is 0 Å². The van der Waals surface area contributed by atoms with Gasteiger partial charge in [0.25, 0.3) is 5.91 Å². The third-order valence-corrected chi connectivity index (χ3v) is 4.18. The molecule has 2 heterocycles. The van der Waals surface area contributed by atoms with E-state index in [-0.39, 0.29) is 19.0 Å². The highest BCUT2D eigenvalue weighted by Gasteiger charge is 2.37. The Morgan fingerprint density at radius 1 is 1.46 bits per heavy atom. The monoisotopic (exact) mass is 346 g/mol. The molecule has 1 saturated heterocycles. The molecule has 9 heteroatoms. The Bertz CT molecular complexity index is 600. The van der Waals surface area contributed by atoms with Crippen molar-refractivity contribution < 1.29 is 22.8 Å². The number of aromatic nitrogens is 2. The number of nitrogens with zero attached hydrogens (tertiary/aromatic N) is 3. The Hall–Kier alpha value is -2.06. The number of H-pyrrole nitrogens is 1. The number of carbonyl (C=O) groups excluding carboxylic acids is 2. The Morgan fingerprint density at radius 2 is 2.17 bits per heavy atom. The highest BCUT2D eigenvalue weighted by molar-refractivity contribution is 5.95. The molecule has 0 radical (unpaired) electrons. The summed E-state index contributed by atoms with van der Waals surface area (Å²) in [6.07, 6.45) is -1.93. The van der Waals surface area contributed by atoms with Crippen LogP contribution in [-0.2, 0) is 4.79 Å². The number of hydrogen-bond donors (Lipinski definition) is 1. The van der Waals surface area contributed by atoms with Gasteiger partial charge in [-0.2, -0.15) is 18.3 Å². The molecule has 0 aromatic carbocycles. The first-order chi connectivity index (χ1) is 11.2. The van der Waals surface area contributed by atoms with Gasteiger partial charge < -0.3 is 9.80 Å². The number of rotatable bonds is 4. The minimum Gasteiger partial charge on any atom is -0.338 e. The number of carbonyl (C=O) groups is 2. The number of piperidine rings is 1. The van der Waals surface area contributed by atoms with Gasteiger partial charge in [0.2, 0.25) is 5.91 Å². The third kappa shape index (κ3) is 4.27. The highest BCUT2D eigenvalue weighted by atomic mass is 19.4. The minimum absolute atomic E-state index is 0.0103. The molecule has 0 spiro atoms. The first kappa shape index (κ1) is 18.3. The van der Waals surface area contributed by atoms with Gasteiger partial charge in [-0.25, -0.2) is 0 Å². The molecule has 0 bridgehead atoms. The van der Waals surface area contributed by atoms with Crippen molar-refractivity contribution in [3.05, 3.63) is 17.5 Å². The van der Waals surface area contributed by atoms with Crippen molar-refractivity contribution in [2.24, 2.45) is 5.92 Å². The van der Waals surface area contributed by atoms with Gasteiger partial charge in [-0.3, -0.25) is 14.7 Å². The maximum absolute atomic E-state index is 12.6. The van der Waals surface area contributed by atoms with Gasteiger partial charge in [0, 0.05) is 25.3 Å². The van der Waals surface area contributed by atoms with Gasteiger partial charge in [-0.05, 0) is 26.7 Å². The number of hydrogen-bond acceptors (Lipinski definition) is 3. The SMILES string of the molecule is CCN(CC(F)(F)F)C(=O)[C@H]1CCCN(C(=O)c2cn[nH]c2C)C1. The fourth-order valence-electron chi connectivity index (χ4n) is 2.92. The fraction of sp³-hybridized carbons (Fsp3) is 0.667. The second-order valence-corrected chi connectivity index (χ2v) is 5.97. The number of aromatic amines is 1. The van der Waals surface area contributed by atoms with E-state index in [9.17, 15) is 22.8 Å². The molecule has 0 aliphatic carbocycles. The lowest BCUT2D eigenvalue weighted by Crippen LogP contribution is -2.48. The Balaban J connectivity index is 2.05. The third-order valence-electron chi connectivity index (χ3n) is 4.18. The van der Waals surface area contributed by atoms with Crippen LogP contribution in [0.15, 0.2) is 6.20 Å². The molecular formula is C15H21F3N4O2.